The van der Waals surface area contributed by atoms with Gasteiger partial charge in [0.25, 0.3) is 5.91 Å². The number of rotatable bonds is 10. The molecule has 3 rings (SSSR count). The van der Waals surface area contributed by atoms with E-state index < -0.39 is 0 Å². The molecule has 0 fully saturated rings. The van der Waals surface area contributed by atoms with E-state index in [1.54, 1.807) is 18.2 Å². The Morgan fingerprint density at radius 3 is 2.32 bits per heavy atom. The normalized spacial score (nSPS) is 10.6. The van der Waals surface area contributed by atoms with E-state index in [4.69, 9.17) is 14.2 Å². The Labute approximate surface area is 191 Å². The van der Waals surface area contributed by atoms with Crippen molar-refractivity contribution in [2.45, 2.75) is 13.8 Å². The first kappa shape index (κ1) is 22.7. The Kier molecular flexibility index (Phi) is 8.35. The lowest BCUT2D eigenvalue weighted by atomic mass is 10.1. The van der Waals surface area contributed by atoms with Gasteiger partial charge in [0.15, 0.2) is 0 Å². The fraction of sp³-hybridized carbons (Fsp3) is 0.240. The van der Waals surface area contributed by atoms with Gasteiger partial charge in [-0.05, 0) is 48.4 Å². The summed E-state index contributed by atoms with van der Waals surface area (Å²) in [5.41, 5.74) is 1.11. The summed E-state index contributed by atoms with van der Waals surface area (Å²) in [6, 6.07) is 22.3. The molecule has 0 aliphatic heterocycles. The minimum atomic E-state index is -0.246. The summed E-state index contributed by atoms with van der Waals surface area (Å²) in [7, 11) is 0. The number of para-hydroxylation sites is 1. The van der Waals surface area contributed by atoms with Gasteiger partial charge in [0, 0.05) is 16.2 Å². The van der Waals surface area contributed by atoms with E-state index in [0.29, 0.717) is 48.5 Å². The third kappa shape index (κ3) is 7.33. The first-order chi connectivity index (χ1) is 15.0. The van der Waals surface area contributed by atoms with Gasteiger partial charge in [0.05, 0.1) is 12.2 Å². The maximum atomic E-state index is 12.9. The van der Waals surface area contributed by atoms with Gasteiger partial charge in [-0.25, -0.2) is 0 Å². The Morgan fingerprint density at radius 1 is 0.871 bits per heavy atom. The topological polar surface area (TPSA) is 56.8 Å². The van der Waals surface area contributed by atoms with Gasteiger partial charge in [-0.1, -0.05) is 54.0 Å². The number of halogens is 1. The van der Waals surface area contributed by atoms with Crippen LogP contribution < -0.4 is 19.5 Å². The molecule has 0 saturated carbocycles. The molecule has 1 N–H and O–H groups in total. The summed E-state index contributed by atoms with van der Waals surface area (Å²) >= 11 is 3.43. The first-order valence-electron chi connectivity index (χ1n) is 10.2. The van der Waals surface area contributed by atoms with Crippen molar-refractivity contribution in [3.8, 4) is 17.2 Å². The molecule has 162 valence electrons. The summed E-state index contributed by atoms with van der Waals surface area (Å²) in [6.07, 6.45) is 0. The van der Waals surface area contributed by atoms with Gasteiger partial charge in [-0.3, -0.25) is 4.79 Å². The lowest BCUT2D eigenvalue weighted by molar-refractivity contribution is 0.102. The van der Waals surface area contributed by atoms with Crippen LogP contribution in [0.25, 0.3) is 0 Å². The molecule has 0 aromatic heterocycles. The fourth-order valence-corrected chi connectivity index (χ4v) is 3.12. The van der Waals surface area contributed by atoms with E-state index >= 15 is 0 Å². The van der Waals surface area contributed by atoms with Crippen molar-refractivity contribution in [2.24, 2.45) is 5.92 Å². The van der Waals surface area contributed by atoms with E-state index in [1.165, 1.54) is 0 Å². The number of benzene rings is 3. The van der Waals surface area contributed by atoms with Crippen molar-refractivity contribution in [3.63, 3.8) is 0 Å². The largest absolute Gasteiger partial charge is 0.492 e. The van der Waals surface area contributed by atoms with E-state index in [2.05, 4.69) is 35.1 Å². The van der Waals surface area contributed by atoms with Crippen LogP contribution in [0.5, 0.6) is 17.2 Å². The molecule has 0 aliphatic rings. The fourth-order valence-electron chi connectivity index (χ4n) is 2.76. The van der Waals surface area contributed by atoms with Gasteiger partial charge in [0.2, 0.25) is 0 Å². The number of hydrogen-bond acceptors (Lipinski definition) is 4. The molecular weight excluding hydrogens is 458 g/mol. The summed E-state index contributed by atoms with van der Waals surface area (Å²) in [5, 5.41) is 2.92. The highest BCUT2D eigenvalue weighted by molar-refractivity contribution is 9.10. The molecule has 0 saturated heterocycles. The molecule has 0 radical (unpaired) electrons. The second kappa shape index (κ2) is 11.4. The lowest BCUT2D eigenvalue weighted by Gasteiger charge is -2.14. The highest BCUT2D eigenvalue weighted by Gasteiger charge is 2.14. The minimum Gasteiger partial charge on any atom is -0.492 e. The van der Waals surface area contributed by atoms with Crippen LogP contribution in [0.4, 0.5) is 5.69 Å². The minimum absolute atomic E-state index is 0.246. The molecule has 31 heavy (non-hydrogen) atoms. The van der Waals surface area contributed by atoms with Crippen LogP contribution in [0.2, 0.25) is 0 Å². The molecule has 1 amide bonds. The molecule has 0 spiro atoms. The quantitative estimate of drug-likeness (QED) is 0.349. The lowest BCUT2D eigenvalue weighted by Crippen LogP contribution is -2.15. The van der Waals surface area contributed by atoms with Gasteiger partial charge >= 0.3 is 0 Å². The van der Waals surface area contributed by atoms with Crippen LogP contribution in [-0.2, 0) is 0 Å². The standard InChI is InChI=1S/C25H26BrNO4/c1-18(2)17-31-24-12-11-19(26)15-23(24)25(28)27-20-7-6-10-22(16-20)30-14-13-29-21-8-4-3-5-9-21/h3-12,15-16,18H,13-14,17H2,1-2H3,(H,27,28). The van der Waals surface area contributed by atoms with Crippen LogP contribution in [-0.4, -0.2) is 25.7 Å². The Hall–Kier alpha value is -2.99. The number of ether oxygens (including phenoxy) is 3. The number of hydrogen-bond donors (Lipinski definition) is 1. The summed E-state index contributed by atoms with van der Waals surface area (Å²) in [5.74, 6) is 2.13. The highest BCUT2D eigenvalue weighted by Crippen LogP contribution is 2.26. The molecular formula is C25H26BrNO4. The van der Waals surface area contributed by atoms with Crippen LogP contribution in [0.1, 0.15) is 24.2 Å². The zero-order chi connectivity index (χ0) is 22.1. The van der Waals surface area contributed by atoms with Gasteiger partial charge < -0.3 is 19.5 Å². The van der Waals surface area contributed by atoms with Crippen LogP contribution >= 0.6 is 15.9 Å². The van der Waals surface area contributed by atoms with Gasteiger partial charge in [-0.2, -0.15) is 0 Å². The van der Waals surface area contributed by atoms with Crippen molar-refractivity contribution in [1.82, 2.24) is 0 Å². The van der Waals surface area contributed by atoms with E-state index in [1.807, 2.05) is 54.6 Å². The summed E-state index contributed by atoms with van der Waals surface area (Å²) in [6.45, 7) is 5.49. The van der Waals surface area contributed by atoms with Crippen molar-refractivity contribution in [2.75, 3.05) is 25.1 Å². The summed E-state index contributed by atoms with van der Waals surface area (Å²) in [4.78, 5) is 12.9. The predicted molar refractivity (Wildman–Crippen MR) is 126 cm³/mol. The zero-order valence-corrected chi connectivity index (χ0v) is 19.2. The van der Waals surface area contributed by atoms with Crippen molar-refractivity contribution in [3.05, 3.63) is 82.8 Å². The highest BCUT2D eigenvalue weighted by atomic mass is 79.9. The third-order valence-corrected chi connectivity index (χ3v) is 4.71. The van der Waals surface area contributed by atoms with Crippen LogP contribution in [0.15, 0.2) is 77.3 Å². The van der Waals surface area contributed by atoms with Gasteiger partial charge in [0.1, 0.15) is 30.5 Å². The Bertz CT molecular complexity index is 992. The van der Waals surface area contributed by atoms with Gasteiger partial charge in [-0.15, -0.1) is 0 Å². The molecule has 0 atom stereocenters. The van der Waals surface area contributed by atoms with Crippen LogP contribution in [0, 0.1) is 5.92 Å². The zero-order valence-electron chi connectivity index (χ0n) is 17.6. The average Bonchev–Trinajstić information content (AvgIpc) is 2.77. The summed E-state index contributed by atoms with van der Waals surface area (Å²) < 4.78 is 18.0. The van der Waals surface area contributed by atoms with Crippen molar-refractivity contribution >= 4 is 27.5 Å². The first-order valence-corrected chi connectivity index (χ1v) is 10.9. The predicted octanol–water partition coefficient (Wildman–Crippen LogP) is 6.19. The molecule has 0 heterocycles. The number of carbonyl (C=O) groups excluding carboxylic acids is 1. The molecule has 3 aromatic carbocycles. The molecule has 3 aromatic rings. The van der Waals surface area contributed by atoms with E-state index in [-0.39, 0.29) is 5.91 Å². The maximum absolute atomic E-state index is 12.9. The Balaban J connectivity index is 1.59. The van der Waals surface area contributed by atoms with E-state index in [9.17, 15) is 4.79 Å². The maximum Gasteiger partial charge on any atom is 0.259 e. The average molecular weight is 484 g/mol. The van der Waals surface area contributed by atoms with Crippen molar-refractivity contribution in [1.29, 1.82) is 0 Å². The van der Waals surface area contributed by atoms with Crippen molar-refractivity contribution < 1.29 is 19.0 Å². The number of nitrogens with one attached hydrogen (secondary N) is 1. The molecule has 0 bridgehead atoms. The number of anilines is 1. The molecule has 0 aliphatic carbocycles. The second-order valence-corrected chi connectivity index (χ2v) is 8.25. The molecule has 5 nitrogen and oxygen atoms in total. The smallest absolute Gasteiger partial charge is 0.259 e. The van der Waals surface area contributed by atoms with Crippen LogP contribution in [0.3, 0.4) is 0 Å². The molecule has 0 unspecified atom stereocenters. The monoisotopic (exact) mass is 483 g/mol. The number of carbonyl (C=O) groups is 1. The van der Waals surface area contributed by atoms with E-state index in [0.717, 1.165) is 10.2 Å². The Morgan fingerprint density at radius 2 is 1.58 bits per heavy atom. The third-order valence-electron chi connectivity index (χ3n) is 4.21. The SMILES string of the molecule is CC(C)COc1ccc(Br)cc1C(=O)Nc1cccc(OCCOc2ccccc2)c1. The number of amides is 1. The molecule has 6 heteroatoms. The second-order valence-electron chi connectivity index (χ2n) is 7.34.